The minimum atomic E-state index is 0.203. The topological polar surface area (TPSA) is 111 Å². The van der Waals surface area contributed by atoms with E-state index in [-0.39, 0.29) is 12.0 Å². The summed E-state index contributed by atoms with van der Waals surface area (Å²) in [7, 11) is 1.48. The molecule has 96 valence electrons. The zero-order valence-corrected chi connectivity index (χ0v) is 10.6. The van der Waals surface area contributed by atoms with E-state index in [4.69, 9.17) is 10.6 Å². The van der Waals surface area contributed by atoms with Gasteiger partial charge in [0, 0.05) is 24.5 Å². The molecule has 0 radical (unpaired) electrons. The molecule has 0 unspecified atom stereocenters. The van der Waals surface area contributed by atoms with Crippen molar-refractivity contribution in [1.82, 2.24) is 19.9 Å². The number of nitrogens with one attached hydrogen (secondary N) is 2. The summed E-state index contributed by atoms with van der Waals surface area (Å²) in [4.78, 5) is 16.2. The first-order valence-corrected chi connectivity index (χ1v) is 6.08. The number of ether oxygens (including phenoxy) is 1. The number of hydrogen-bond donors (Lipinski definition) is 3. The number of thiazole rings is 1. The van der Waals surface area contributed by atoms with Gasteiger partial charge in [-0.05, 0) is 0 Å². The minimum Gasteiger partial charge on any atom is -0.467 e. The highest BCUT2D eigenvalue weighted by atomic mass is 32.1. The van der Waals surface area contributed by atoms with Crippen molar-refractivity contribution in [3.05, 3.63) is 16.6 Å². The predicted molar refractivity (Wildman–Crippen MR) is 68.5 cm³/mol. The van der Waals surface area contributed by atoms with Crippen LogP contribution >= 0.6 is 11.3 Å². The Kier molecular flexibility index (Phi) is 4.20. The fraction of sp³-hybridized carbons (Fsp3) is 0.333. The van der Waals surface area contributed by atoms with Crippen LogP contribution in [0, 0.1) is 0 Å². The molecule has 0 aromatic carbocycles. The molecule has 8 nitrogen and oxygen atoms in total. The SMILES string of the molecule is COc1nc(NN)nc(NCCc2nccs2)n1. The Bertz CT molecular complexity index is 467. The van der Waals surface area contributed by atoms with Gasteiger partial charge in [0.1, 0.15) is 0 Å². The molecule has 0 saturated carbocycles. The van der Waals surface area contributed by atoms with Gasteiger partial charge in [-0.15, -0.1) is 11.3 Å². The van der Waals surface area contributed by atoms with E-state index in [0.29, 0.717) is 12.5 Å². The van der Waals surface area contributed by atoms with E-state index in [2.05, 4.69) is 30.7 Å². The van der Waals surface area contributed by atoms with Crippen LogP contribution in [0.15, 0.2) is 11.6 Å². The van der Waals surface area contributed by atoms with Gasteiger partial charge in [0.25, 0.3) is 0 Å². The maximum absolute atomic E-state index is 5.25. The average molecular weight is 267 g/mol. The number of aromatic nitrogens is 4. The fourth-order valence-electron chi connectivity index (χ4n) is 1.25. The van der Waals surface area contributed by atoms with E-state index in [9.17, 15) is 0 Å². The van der Waals surface area contributed by atoms with Crippen LogP contribution < -0.4 is 21.3 Å². The highest BCUT2D eigenvalue weighted by Gasteiger charge is 2.05. The van der Waals surface area contributed by atoms with Crippen LogP contribution in [0.4, 0.5) is 11.9 Å². The molecule has 2 rings (SSSR count). The summed E-state index contributed by atoms with van der Waals surface area (Å²) >= 11 is 1.61. The maximum Gasteiger partial charge on any atom is 0.322 e. The lowest BCUT2D eigenvalue weighted by atomic mass is 10.4. The van der Waals surface area contributed by atoms with Crippen LogP contribution in [0.1, 0.15) is 5.01 Å². The lowest BCUT2D eigenvalue weighted by Crippen LogP contribution is -2.15. The van der Waals surface area contributed by atoms with Gasteiger partial charge in [-0.1, -0.05) is 0 Å². The van der Waals surface area contributed by atoms with Crippen molar-refractivity contribution >= 4 is 23.2 Å². The van der Waals surface area contributed by atoms with Crippen molar-refractivity contribution < 1.29 is 4.74 Å². The Morgan fingerprint density at radius 1 is 1.33 bits per heavy atom. The molecule has 0 amide bonds. The normalized spacial score (nSPS) is 10.1. The van der Waals surface area contributed by atoms with Crippen molar-refractivity contribution in [2.45, 2.75) is 6.42 Å². The third-order valence-electron chi connectivity index (χ3n) is 2.03. The van der Waals surface area contributed by atoms with Crippen LogP contribution in [0.25, 0.3) is 0 Å². The molecule has 4 N–H and O–H groups in total. The van der Waals surface area contributed by atoms with Crippen molar-refractivity contribution in [3.8, 4) is 6.01 Å². The Morgan fingerprint density at radius 3 is 2.83 bits per heavy atom. The van der Waals surface area contributed by atoms with Crippen LogP contribution in [0.5, 0.6) is 6.01 Å². The Labute approximate surface area is 108 Å². The van der Waals surface area contributed by atoms with Crippen LogP contribution in [-0.4, -0.2) is 33.6 Å². The fourth-order valence-corrected chi connectivity index (χ4v) is 1.87. The molecule has 18 heavy (non-hydrogen) atoms. The molecule has 9 heteroatoms. The lowest BCUT2D eigenvalue weighted by Gasteiger charge is -2.06. The highest BCUT2D eigenvalue weighted by molar-refractivity contribution is 7.09. The van der Waals surface area contributed by atoms with Crippen molar-refractivity contribution in [2.75, 3.05) is 24.4 Å². The van der Waals surface area contributed by atoms with E-state index >= 15 is 0 Å². The summed E-state index contributed by atoms with van der Waals surface area (Å²) in [5.41, 5.74) is 2.35. The number of hydrazine groups is 1. The van der Waals surface area contributed by atoms with Gasteiger partial charge in [0.15, 0.2) is 0 Å². The standard InChI is InChI=1S/C9H13N7OS/c1-17-9-14-7(13-8(15-9)16-10)12-3-2-6-11-4-5-18-6/h4-5H,2-3,10H2,1H3,(H2,12,13,14,15,16). The molecule has 0 atom stereocenters. The summed E-state index contributed by atoms with van der Waals surface area (Å²) in [6.45, 7) is 0.671. The zero-order chi connectivity index (χ0) is 12.8. The van der Waals surface area contributed by atoms with E-state index in [0.717, 1.165) is 11.4 Å². The molecular weight excluding hydrogens is 254 g/mol. The van der Waals surface area contributed by atoms with Gasteiger partial charge >= 0.3 is 6.01 Å². The summed E-state index contributed by atoms with van der Waals surface area (Å²) < 4.78 is 4.94. The number of methoxy groups -OCH3 is 1. The number of nitrogens with zero attached hydrogens (tertiary/aromatic N) is 4. The lowest BCUT2D eigenvalue weighted by molar-refractivity contribution is 0.379. The molecule has 2 aromatic rings. The summed E-state index contributed by atoms with van der Waals surface area (Å²) in [6, 6.07) is 0.203. The largest absolute Gasteiger partial charge is 0.467 e. The van der Waals surface area contributed by atoms with Gasteiger partial charge in [-0.3, -0.25) is 5.43 Å². The summed E-state index contributed by atoms with van der Waals surface area (Å²) in [6.07, 6.45) is 2.58. The second-order valence-electron chi connectivity index (χ2n) is 3.22. The Hall–Kier alpha value is -2.00. The monoisotopic (exact) mass is 267 g/mol. The van der Waals surface area contributed by atoms with Gasteiger partial charge in [0.05, 0.1) is 12.1 Å². The van der Waals surface area contributed by atoms with Gasteiger partial charge < -0.3 is 10.1 Å². The van der Waals surface area contributed by atoms with Gasteiger partial charge in [-0.2, -0.15) is 15.0 Å². The van der Waals surface area contributed by atoms with Crippen molar-refractivity contribution in [2.24, 2.45) is 5.84 Å². The van der Waals surface area contributed by atoms with E-state index in [1.165, 1.54) is 7.11 Å². The van der Waals surface area contributed by atoms with Gasteiger partial charge in [-0.25, -0.2) is 10.8 Å². The summed E-state index contributed by atoms with van der Waals surface area (Å²) in [5, 5.41) is 6.06. The van der Waals surface area contributed by atoms with E-state index in [1.807, 2.05) is 5.38 Å². The molecule has 0 bridgehead atoms. The second kappa shape index (κ2) is 6.07. The van der Waals surface area contributed by atoms with E-state index in [1.54, 1.807) is 17.5 Å². The number of rotatable bonds is 6. The van der Waals surface area contributed by atoms with Crippen molar-refractivity contribution in [1.29, 1.82) is 0 Å². The molecule has 0 aliphatic carbocycles. The Balaban J connectivity index is 1.95. The Morgan fingerprint density at radius 2 is 2.17 bits per heavy atom. The first-order chi connectivity index (χ1) is 8.81. The molecule has 0 aliphatic rings. The molecule has 0 saturated heterocycles. The van der Waals surface area contributed by atoms with Gasteiger partial charge in [0.2, 0.25) is 11.9 Å². The molecular formula is C9H13N7OS. The number of nitrogen functional groups attached to an aromatic ring is 1. The predicted octanol–water partition coefficient (Wildman–Crippen LogP) is 0.277. The van der Waals surface area contributed by atoms with Crippen molar-refractivity contribution in [3.63, 3.8) is 0 Å². The third-order valence-corrected chi connectivity index (χ3v) is 2.87. The number of anilines is 2. The molecule has 2 aromatic heterocycles. The summed E-state index contributed by atoms with van der Waals surface area (Å²) in [5.74, 6) is 5.91. The first kappa shape index (κ1) is 12.5. The molecule has 0 fully saturated rings. The quantitative estimate of drug-likeness (QED) is 0.505. The molecule has 2 heterocycles. The molecule has 0 aliphatic heterocycles. The van der Waals surface area contributed by atoms with E-state index < -0.39 is 0 Å². The highest BCUT2D eigenvalue weighted by Crippen LogP contribution is 2.10. The maximum atomic E-state index is 5.25. The smallest absolute Gasteiger partial charge is 0.322 e. The zero-order valence-electron chi connectivity index (χ0n) is 9.75. The first-order valence-electron chi connectivity index (χ1n) is 5.20. The minimum absolute atomic E-state index is 0.203. The van der Waals surface area contributed by atoms with Crippen LogP contribution in [0.3, 0.4) is 0 Å². The average Bonchev–Trinajstić information content (AvgIpc) is 2.91. The number of nitrogens with two attached hydrogens (primary N) is 1. The third kappa shape index (κ3) is 3.25. The molecule has 0 spiro atoms. The second-order valence-corrected chi connectivity index (χ2v) is 4.20. The van der Waals surface area contributed by atoms with Crippen LogP contribution in [0.2, 0.25) is 0 Å². The number of hydrogen-bond acceptors (Lipinski definition) is 9. The van der Waals surface area contributed by atoms with Crippen LogP contribution in [-0.2, 0) is 6.42 Å².